The van der Waals surface area contributed by atoms with Gasteiger partial charge in [-0.05, 0) is 17.6 Å². The zero-order valence-electron chi connectivity index (χ0n) is 8.69. The van der Waals surface area contributed by atoms with Crippen LogP contribution >= 0.6 is 0 Å². The van der Waals surface area contributed by atoms with Crippen LogP contribution in [-0.2, 0) is 0 Å². The van der Waals surface area contributed by atoms with E-state index < -0.39 is 0 Å². The molecular weight excluding hydrogens is 184 g/mol. The van der Waals surface area contributed by atoms with Gasteiger partial charge in [-0.2, -0.15) is 5.26 Å². The Bertz CT molecular complexity index is 387. The lowest BCUT2D eigenvalue weighted by atomic mass is 10.00. The molecule has 2 rings (SSSR count). The van der Waals surface area contributed by atoms with Crippen LogP contribution in [0.3, 0.4) is 0 Å². The van der Waals surface area contributed by atoms with Crippen LogP contribution < -0.4 is 0 Å². The molecule has 1 aliphatic rings. The highest BCUT2D eigenvalue weighted by molar-refractivity contribution is 5.66. The minimum atomic E-state index is 0.540. The van der Waals surface area contributed by atoms with Gasteiger partial charge in [-0.1, -0.05) is 36.4 Å². The first-order valence-electron chi connectivity index (χ1n) is 5.24. The maximum atomic E-state index is 8.59. The number of hydrogen-bond acceptors (Lipinski definition) is 2. The zero-order chi connectivity index (χ0) is 10.5. The van der Waals surface area contributed by atoms with Gasteiger partial charge in [0.05, 0.1) is 12.6 Å². The molecule has 1 aliphatic heterocycles. The van der Waals surface area contributed by atoms with Crippen LogP contribution in [0.15, 0.2) is 36.4 Å². The summed E-state index contributed by atoms with van der Waals surface area (Å²) in [6.45, 7) is 2.44. The highest BCUT2D eigenvalue weighted by Gasteiger charge is 2.11. The number of rotatable bonds is 2. The minimum Gasteiger partial charge on any atom is -0.287 e. The Morgan fingerprint density at radius 3 is 2.67 bits per heavy atom. The molecule has 0 N–H and O–H groups in total. The van der Waals surface area contributed by atoms with E-state index in [2.05, 4.69) is 41.3 Å². The highest BCUT2D eigenvalue weighted by atomic mass is 15.1. The van der Waals surface area contributed by atoms with Crippen LogP contribution in [0, 0.1) is 11.3 Å². The second-order valence-corrected chi connectivity index (χ2v) is 3.74. The lowest BCUT2D eigenvalue weighted by Crippen LogP contribution is -2.28. The first-order chi connectivity index (χ1) is 7.40. The summed E-state index contributed by atoms with van der Waals surface area (Å²) in [4.78, 5) is 2.16. The van der Waals surface area contributed by atoms with Crippen LogP contribution in [0.4, 0.5) is 0 Å². The van der Waals surface area contributed by atoms with E-state index in [1.807, 2.05) is 6.07 Å². The predicted molar refractivity (Wildman–Crippen MR) is 61.1 cm³/mol. The normalized spacial score (nSPS) is 16.9. The summed E-state index contributed by atoms with van der Waals surface area (Å²) in [5, 5.41) is 8.59. The van der Waals surface area contributed by atoms with E-state index in [1.165, 1.54) is 11.1 Å². The molecule has 0 radical (unpaired) electrons. The molecule has 0 fully saturated rings. The van der Waals surface area contributed by atoms with Crippen molar-refractivity contribution in [2.24, 2.45) is 0 Å². The first-order valence-corrected chi connectivity index (χ1v) is 5.24. The molecule has 0 unspecified atom stereocenters. The van der Waals surface area contributed by atoms with E-state index >= 15 is 0 Å². The summed E-state index contributed by atoms with van der Waals surface area (Å²) >= 11 is 0. The second-order valence-electron chi connectivity index (χ2n) is 3.74. The summed E-state index contributed by atoms with van der Waals surface area (Å²) in [5.74, 6) is 0. The van der Waals surface area contributed by atoms with E-state index in [4.69, 9.17) is 5.26 Å². The van der Waals surface area contributed by atoms with Gasteiger partial charge in [-0.15, -0.1) is 0 Å². The molecule has 76 valence electrons. The lowest BCUT2D eigenvalue weighted by molar-refractivity contribution is 0.338. The molecule has 15 heavy (non-hydrogen) atoms. The Morgan fingerprint density at radius 2 is 2.07 bits per heavy atom. The lowest BCUT2D eigenvalue weighted by Gasteiger charge is -2.23. The van der Waals surface area contributed by atoms with Crippen molar-refractivity contribution in [3.05, 3.63) is 42.0 Å². The maximum Gasteiger partial charge on any atom is 0.0868 e. The van der Waals surface area contributed by atoms with E-state index in [9.17, 15) is 0 Å². The summed E-state index contributed by atoms with van der Waals surface area (Å²) in [7, 11) is 0. The third kappa shape index (κ3) is 2.45. The van der Waals surface area contributed by atoms with Gasteiger partial charge in [-0.3, -0.25) is 4.90 Å². The molecule has 0 aromatic heterocycles. The van der Waals surface area contributed by atoms with Gasteiger partial charge in [0.1, 0.15) is 0 Å². The molecule has 0 aliphatic carbocycles. The predicted octanol–water partition coefficient (Wildman–Crippen LogP) is 2.30. The standard InChI is InChI=1S/C13H14N2/c14-8-11-15-9-6-13(7-10-15)12-4-2-1-3-5-12/h1-6H,7,9-11H2. The quantitative estimate of drug-likeness (QED) is 0.682. The summed E-state index contributed by atoms with van der Waals surface area (Å²) in [5.41, 5.74) is 2.72. The SMILES string of the molecule is N#CCN1CC=C(c2ccccc2)CC1. The number of hydrogen-bond donors (Lipinski definition) is 0. The molecule has 0 atom stereocenters. The molecule has 0 amide bonds. The molecule has 1 aromatic carbocycles. The number of benzene rings is 1. The highest BCUT2D eigenvalue weighted by Crippen LogP contribution is 2.21. The Morgan fingerprint density at radius 1 is 1.27 bits per heavy atom. The summed E-state index contributed by atoms with van der Waals surface area (Å²) in [6.07, 6.45) is 3.28. The van der Waals surface area contributed by atoms with E-state index in [0.29, 0.717) is 6.54 Å². The van der Waals surface area contributed by atoms with E-state index in [1.54, 1.807) is 0 Å². The van der Waals surface area contributed by atoms with Crippen LogP contribution in [0.5, 0.6) is 0 Å². The third-order valence-corrected chi connectivity index (χ3v) is 2.73. The Hall–Kier alpha value is -1.59. The Labute approximate surface area is 90.4 Å². The average molecular weight is 198 g/mol. The smallest absolute Gasteiger partial charge is 0.0868 e. The van der Waals surface area contributed by atoms with Crippen molar-refractivity contribution >= 4 is 5.57 Å². The van der Waals surface area contributed by atoms with Gasteiger partial charge in [0, 0.05) is 13.1 Å². The van der Waals surface area contributed by atoms with Gasteiger partial charge in [0.2, 0.25) is 0 Å². The van der Waals surface area contributed by atoms with Crippen LogP contribution in [0.2, 0.25) is 0 Å². The minimum absolute atomic E-state index is 0.540. The second kappa shape index (κ2) is 4.77. The summed E-state index contributed by atoms with van der Waals surface area (Å²) < 4.78 is 0. The fourth-order valence-corrected chi connectivity index (χ4v) is 1.87. The fourth-order valence-electron chi connectivity index (χ4n) is 1.87. The molecule has 0 bridgehead atoms. The molecular formula is C13H14N2. The Balaban J connectivity index is 2.06. The van der Waals surface area contributed by atoms with Crippen molar-refractivity contribution in [2.75, 3.05) is 19.6 Å². The maximum absolute atomic E-state index is 8.59. The van der Waals surface area contributed by atoms with Crippen molar-refractivity contribution in [3.63, 3.8) is 0 Å². The molecule has 2 heteroatoms. The molecule has 2 nitrogen and oxygen atoms in total. The zero-order valence-corrected chi connectivity index (χ0v) is 8.69. The Kier molecular flexibility index (Phi) is 3.16. The van der Waals surface area contributed by atoms with Crippen LogP contribution in [0.25, 0.3) is 5.57 Å². The third-order valence-electron chi connectivity index (χ3n) is 2.73. The van der Waals surface area contributed by atoms with Crippen molar-refractivity contribution in [3.8, 4) is 6.07 Å². The molecule has 1 heterocycles. The van der Waals surface area contributed by atoms with Gasteiger partial charge < -0.3 is 0 Å². The number of nitriles is 1. The molecule has 0 saturated carbocycles. The van der Waals surface area contributed by atoms with Gasteiger partial charge in [-0.25, -0.2) is 0 Å². The van der Waals surface area contributed by atoms with Crippen LogP contribution in [0.1, 0.15) is 12.0 Å². The van der Waals surface area contributed by atoms with Crippen molar-refractivity contribution in [1.29, 1.82) is 5.26 Å². The molecule has 1 aromatic rings. The largest absolute Gasteiger partial charge is 0.287 e. The first kappa shape index (κ1) is 9.95. The van der Waals surface area contributed by atoms with Crippen LogP contribution in [-0.4, -0.2) is 24.5 Å². The fraction of sp³-hybridized carbons (Fsp3) is 0.308. The topological polar surface area (TPSA) is 27.0 Å². The summed E-state index contributed by atoms with van der Waals surface area (Å²) in [6, 6.07) is 12.6. The van der Waals surface area contributed by atoms with Gasteiger partial charge in [0.15, 0.2) is 0 Å². The van der Waals surface area contributed by atoms with Gasteiger partial charge >= 0.3 is 0 Å². The van der Waals surface area contributed by atoms with Gasteiger partial charge in [0.25, 0.3) is 0 Å². The van der Waals surface area contributed by atoms with E-state index in [0.717, 1.165) is 19.5 Å². The molecule has 0 spiro atoms. The van der Waals surface area contributed by atoms with Crippen molar-refractivity contribution < 1.29 is 0 Å². The van der Waals surface area contributed by atoms with Crippen molar-refractivity contribution in [1.82, 2.24) is 4.90 Å². The number of nitrogens with zero attached hydrogens (tertiary/aromatic N) is 2. The van der Waals surface area contributed by atoms with Crippen molar-refractivity contribution in [2.45, 2.75) is 6.42 Å². The monoisotopic (exact) mass is 198 g/mol. The average Bonchev–Trinajstić information content (AvgIpc) is 2.32. The molecule has 0 saturated heterocycles. The van der Waals surface area contributed by atoms with E-state index in [-0.39, 0.29) is 0 Å².